The molecule has 0 amide bonds. The van der Waals surface area contributed by atoms with Crippen LogP contribution in [-0.2, 0) is 6.42 Å². The SMILES string of the molecule is CCc1ccsc1.Cc1ccoc1. The smallest absolute Gasteiger partial charge is 0.0931 e. The maximum Gasteiger partial charge on any atom is 0.0931 e. The monoisotopic (exact) mass is 194 g/mol. The lowest BCUT2D eigenvalue weighted by molar-refractivity contribution is 0.565. The van der Waals surface area contributed by atoms with E-state index in [0.29, 0.717) is 0 Å². The van der Waals surface area contributed by atoms with E-state index in [1.165, 1.54) is 17.5 Å². The summed E-state index contributed by atoms with van der Waals surface area (Å²) in [7, 11) is 0. The summed E-state index contributed by atoms with van der Waals surface area (Å²) in [5, 5.41) is 4.29. The van der Waals surface area contributed by atoms with E-state index in [-0.39, 0.29) is 0 Å². The molecule has 0 aliphatic heterocycles. The van der Waals surface area contributed by atoms with Gasteiger partial charge in [0.1, 0.15) is 0 Å². The number of furan rings is 1. The minimum atomic E-state index is 1.17. The van der Waals surface area contributed by atoms with Crippen molar-refractivity contribution in [1.29, 1.82) is 0 Å². The molecule has 0 aromatic carbocycles. The zero-order valence-electron chi connectivity index (χ0n) is 7.99. The van der Waals surface area contributed by atoms with Crippen molar-refractivity contribution in [2.24, 2.45) is 0 Å². The van der Waals surface area contributed by atoms with Gasteiger partial charge in [-0.2, -0.15) is 11.3 Å². The molecule has 13 heavy (non-hydrogen) atoms. The molecule has 0 bridgehead atoms. The Morgan fingerprint density at radius 1 is 1.38 bits per heavy atom. The molecule has 2 aromatic rings. The van der Waals surface area contributed by atoms with Gasteiger partial charge in [-0.3, -0.25) is 0 Å². The van der Waals surface area contributed by atoms with Crippen LogP contribution in [0.25, 0.3) is 0 Å². The fourth-order valence-electron chi connectivity index (χ4n) is 0.826. The van der Waals surface area contributed by atoms with Crippen molar-refractivity contribution in [3.8, 4) is 0 Å². The van der Waals surface area contributed by atoms with E-state index in [1.807, 2.05) is 13.0 Å². The third-order valence-corrected chi connectivity index (χ3v) is 2.38. The van der Waals surface area contributed by atoms with Crippen LogP contribution in [0.1, 0.15) is 18.1 Å². The van der Waals surface area contributed by atoms with Crippen LogP contribution >= 0.6 is 11.3 Å². The molecule has 2 heterocycles. The van der Waals surface area contributed by atoms with E-state index in [1.54, 1.807) is 23.9 Å². The van der Waals surface area contributed by atoms with E-state index in [4.69, 9.17) is 4.42 Å². The van der Waals surface area contributed by atoms with Crippen LogP contribution in [0.2, 0.25) is 0 Å². The highest BCUT2D eigenvalue weighted by molar-refractivity contribution is 7.07. The summed E-state index contributed by atoms with van der Waals surface area (Å²) in [5.74, 6) is 0. The zero-order valence-corrected chi connectivity index (χ0v) is 8.80. The van der Waals surface area contributed by atoms with Gasteiger partial charge in [-0.05, 0) is 47.4 Å². The summed E-state index contributed by atoms with van der Waals surface area (Å²) < 4.78 is 4.71. The predicted molar refractivity (Wildman–Crippen MR) is 57.1 cm³/mol. The van der Waals surface area contributed by atoms with Gasteiger partial charge in [-0.25, -0.2) is 0 Å². The summed E-state index contributed by atoms with van der Waals surface area (Å²) >= 11 is 1.76. The Hall–Kier alpha value is -1.02. The van der Waals surface area contributed by atoms with Gasteiger partial charge < -0.3 is 4.42 Å². The minimum Gasteiger partial charge on any atom is -0.472 e. The van der Waals surface area contributed by atoms with Crippen LogP contribution in [0.5, 0.6) is 0 Å². The molecule has 0 atom stereocenters. The maximum absolute atomic E-state index is 4.71. The summed E-state index contributed by atoms with van der Waals surface area (Å²) in [6.45, 7) is 4.16. The lowest BCUT2D eigenvalue weighted by Gasteiger charge is -1.78. The largest absolute Gasteiger partial charge is 0.472 e. The highest BCUT2D eigenvalue weighted by Gasteiger charge is 1.82. The Morgan fingerprint density at radius 2 is 2.23 bits per heavy atom. The normalized spacial score (nSPS) is 9.08. The number of rotatable bonds is 1. The average molecular weight is 194 g/mol. The summed E-state index contributed by atoms with van der Waals surface area (Å²) in [4.78, 5) is 0. The van der Waals surface area contributed by atoms with Crippen molar-refractivity contribution in [3.63, 3.8) is 0 Å². The van der Waals surface area contributed by atoms with E-state index in [9.17, 15) is 0 Å². The van der Waals surface area contributed by atoms with Gasteiger partial charge >= 0.3 is 0 Å². The van der Waals surface area contributed by atoms with Crippen LogP contribution in [0.4, 0.5) is 0 Å². The number of hydrogen-bond acceptors (Lipinski definition) is 2. The van der Waals surface area contributed by atoms with Gasteiger partial charge in [0, 0.05) is 0 Å². The zero-order chi connectivity index (χ0) is 9.52. The van der Waals surface area contributed by atoms with Gasteiger partial charge in [-0.15, -0.1) is 0 Å². The minimum absolute atomic E-state index is 1.17. The summed E-state index contributed by atoms with van der Waals surface area (Å²) in [6, 6.07) is 4.07. The quantitative estimate of drug-likeness (QED) is 0.671. The maximum atomic E-state index is 4.71. The van der Waals surface area contributed by atoms with Crippen molar-refractivity contribution >= 4 is 11.3 Å². The van der Waals surface area contributed by atoms with Crippen molar-refractivity contribution in [1.82, 2.24) is 0 Å². The van der Waals surface area contributed by atoms with E-state index >= 15 is 0 Å². The Bertz CT molecular complexity index is 295. The Labute approximate surface area is 83.0 Å². The van der Waals surface area contributed by atoms with Crippen molar-refractivity contribution in [2.45, 2.75) is 20.3 Å². The van der Waals surface area contributed by atoms with E-state index in [0.717, 1.165) is 0 Å². The third kappa shape index (κ3) is 3.95. The Kier molecular flexibility index (Phi) is 4.33. The predicted octanol–water partition coefficient (Wildman–Crippen LogP) is 3.90. The molecule has 0 unspecified atom stereocenters. The first-order chi connectivity index (χ1) is 6.33. The number of thiophene rings is 1. The first kappa shape index (κ1) is 10.1. The highest BCUT2D eigenvalue weighted by Crippen LogP contribution is 2.04. The molecule has 70 valence electrons. The first-order valence-electron chi connectivity index (χ1n) is 4.32. The van der Waals surface area contributed by atoms with Gasteiger partial charge in [0.15, 0.2) is 0 Å². The Balaban J connectivity index is 0.000000132. The van der Waals surface area contributed by atoms with Crippen molar-refractivity contribution < 1.29 is 4.42 Å². The van der Waals surface area contributed by atoms with Gasteiger partial charge in [0.2, 0.25) is 0 Å². The molecule has 0 saturated heterocycles. The van der Waals surface area contributed by atoms with Crippen LogP contribution in [-0.4, -0.2) is 0 Å². The molecule has 0 aliphatic carbocycles. The topological polar surface area (TPSA) is 13.1 Å². The fraction of sp³-hybridized carbons (Fsp3) is 0.273. The van der Waals surface area contributed by atoms with Gasteiger partial charge in [-0.1, -0.05) is 6.92 Å². The van der Waals surface area contributed by atoms with E-state index < -0.39 is 0 Å². The molecule has 1 nitrogen and oxygen atoms in total. The fourth-order valence-corrected chi connectivity index (χ4v) is 1.58. The lowest BCUT2D eigenvalue weighted by Crippen LogP contribution is -1.66. The second-order valence-corrected chi connectivity index (χ2v) is 3.57. The summed E-state index contributed by atoms with van der Waals surface area (Å²) in [6.07, 6.45) is 4.54. The van der Waals surface area contributed by atoms with E-state index in [2.05, 4.69) is 23.8 Å². The molecular weight excluding hydrogens is 180 g/mol. The van der Waals surface area contributed by atoms with Gasteiger partial charge in [0.25, 0.3) is 0 Å². The van der Waals surface area contributed by atoms with Crippen LogP contribution < -0.4 is 0 Å². The van der Waals surface area contributed by atoms with Crippen LogP contribution in [0.3, 0.4) is 0 Å². The lowest BCUT2D eigenvalue weighted by atomic mass is 10.3. The molecule has 0 N–H and O–H groups in total. The molecule has 0 fully saturated rings. The second-order valence-electron chi connectivity index (χ2n) is 2.79. The molecule has 2 aromatic heterocycles. The van der Waals surface area contributed by atoms with Crippen LogP contribution in [0, 0.1) is 6.92 Å². The molecular formula is C11H14OS. The summed E-state index contributed by atoms with van der Waals surface area (Å²) in [5.41, 5.74) is 2.62. The number of hydrogen-bond donors (Lipinski definition) is 0. The van der Waals surface area contributed by atoms with Gasteiger partial charge in [0.05, 0.1) is 12.5 Å². The molecule has 0 radical (unpaired) electrons. The molecule has 0 spiro atoms. The number of aryl methyl sites for hydroxylation is 2. The van der Waals surface area contributed by atoms with Crippen molar-refractivity contribution in [2.75, 3.05) is 0 Å². The highest BCUT2D eigenvalue weighted by atomic mass is 32.1. The second kappa shape index (κ2) is 5.60. The molecule has 0 aliphatic rings. The van der Waals surface area contributed by atoms with Crippen LogP contribution in [0.15, 0.2) is 39.8 Å². The molecule has 2 rings (SSSR count). The Morgan fingerprint density at radius 3 is 2.46 bits per heavy atom. The third-order valence-electron chi connectivity index (χ3n) is 1.65. The molecule has 0 saturated carbocycles. The molecule has 2 heteroatoms. The first-order valence-corrected chi connectivity index (χ1v) is 5.27. The van der Waals surface area contributed by atoms with Crippen molar-refractivity contribution in [3.05, 3.63) is 46.5 Å². The average Bonchev–Trinajstić information content (AvgIpc) is 2.76. The standard InChI is InChI=1S/C6H8S.C5H6O/c1-2-6-3-4-7-5-6;1-5-2-3-6-4-5/h3-5H,2H2,1H3;2-4H,1H3.